The zero-order valence-corrected chi connectivity index (χ0v) is 14.1. The Kier molecular flexibility index (Phi) is 4.90. The summed E-state index contributed by atoms with van der Waals surface area (Å²) in [6.45, 7) is 9.06. The van der Waals surface area contributed by atoms with E-state index in [9.17, 15) is 0 Å². The van der Waals surface area contributed by atoms with Crippen molar-refractivity contribution in [3.05, 3.63) is 23.8 Å². The molecule has 2 nitrogen and oxygen atoms in total. The number of nitrogens with one attached hydrogen (secondary N) is 1. The van der Waals surface area contributed by atoms with Gasteiger partial charge in [0.25, 0.3) is 0 Å². The fraction of sp³-hybridized carbons (Fsp3) is 0.647. The van der Waals surface area contributed by atoms with Crippen LogP contribution in [0.15, 0.2) is 18.2 Å². The maximum atomic E-state index is 5.52. The summed E-state index contributed by atoms with van der Waals surface area (Å²) in [6.07, 6.45) is 2.55. The van der Waals surface area contributed by atoms with Crippen molar-refractivity contribution in [2.24, 2.45) is 0 Å². The molecule has 1 fully saturated rings. The summed E-state index contributed by atoms with van der Waals surface area (Å²) < 4.78 is 5.52. The molecule has 2 rings (SSSR count). The molecule has 1 saturated heterocycles. The second-order valence-electron chi connectivity index (χ2n) is 6.63. The SMILES string of the molecule is COc1ccc(C(C)(C)C)cc1NC1CCCSC1C. The minimum Gasteiger partial charge on any atom is -0.495 e. The average molecular weight is 293 g/mol. The fourth-order valence-corrected chi connectivity index (χ4v) is 3.74. The van der Waals surface area contributed by atoms with Crippen molar-refractivity contribution in [2.45, 2.75) is 57.2 Å². The number of ether oxygens (including phenoxy) is 1. The zero-order chi connectivity index (χ0) is 14.8. The molecule has 1 aromatic rings. The van der Waals surface area contributed by atoms with Crippen LogP contribution in [0.2, 0.25) is 0 Å². The van der Waals surface area contributed by atoms with Gasteiger partial charge >= 0.3 is 0 Å². The minimum atomic E-state index is 0.162. The first kappa shape index (κ1) is 15.6. The number of hydrogen-bond donors (Lipinski definition) is 1. The Morgan fingerprint density at radius 1 is 1.30 bits per heavy atom. The van der Waals surface area contributed by atoms with Gasteiger partial charge in [0.05, 0.1) is 12.8 Å². The van der Waals surface area contributed by atoms with E-state index in [2.05, 4.69) is 63.0 Å². The van der Waals surface area contributed by atoms with Crippen LogP contribution in [0.3, 0.4) is 0 Å². The largest absolute Gasteiger partial charge is 0.495 e. The van der Waals surface area contributed by atoms with Crippen molar-refractivity contribution >= 4 is 17.4 Å². The number of rotatable bonds is 3. The molecule has 2 unspecified atom stereocenters. The van der Waals surface area contributed by atoms with E-state index in [4.69, 9.17) is 4.74 Å². The summed E-state index contributed by atoms with van der Waals surface area (Å²) in [6, 6.07) is 7.05. The highest BCUT2D eigenvalue weighted by molar-refractivity contribution is 8.00. The van der Waals surface area contributed by atoms with E-state index < -0.39 is 0 Å². The smallest absolute Gasteiger partial charge is 0.141 e. The van der Waals surface area contributed by atoms with E-state index in [1.54, 1.807) is 7.11 Å². The van der Waals surface area contributed by atoms with Gasteiger partial charge in [0.1, 0.15) is 5.75 Å². The summed E-state index contributed by atoms with van der Waals surface area (Å²) in [5, 5.41) is 4.38. The molecule has 1 N–H and O–H groups in total. The lowest BCUT2D eigenvalue weighted by Gasteiger charge is -2.31. The quantitative estimate of drug-likeness (QED) is 0.873. The van der Waals surface area contributed by atoms with E-state index in [1.165, 1.54) is 24.2 Å². The molecule has 112 valence electrons. The Labute approximate surface area is 127 Å². The van der Waals surface area contributed by atoms with Gasteiger partial charge in [-0.1, -0.05) is 33.8 Å². The van der Waals surface area contributed by atoms with Crippen LogP contribution >= 0.6 is 11.8 Å². The third-order valence-electron chi connectivity index (χ3n) is 4.01. The van der Waals surface area contributed by atoms with Gasteiger partial charge < -0.3 is 10.1 Å². The molecular formula is C17H27NOS. The molecular weight excluding hydrogens is 266 g/mol. The topological polar surface area (TPSA) is 21.3 Å². The molecule has 20 heavy (non-hydrogen) atoms. The van der Waals surface area contributed by atoms with Crippen LogP contribution in [0, 0.1) is 0 Å². The predicted molar refractivity (Wildman–Crippen MR) is 90.3 cm³/mol. The molecule has 2 atom stereocenters. The Morgan fingerprint density at radius 2 is 2.05 bits per heavy atom. The van der Waals surface area contributed by atoms with Gasteiger partial charge in [0, 0.05) is 11.3 Å². The number of methoxy groups -OCH3 is 1. The highest BCUT2D eigenvalue weighted by Gasteiger charge is 2.23. The van der Waals surface area contributed by atoms with Crippen LogP contribution in [0.1, 0.15) is 46.1 Å². The molecule has 1 aliphatic heterocycles. The molecule has 0 amide bonds. The first-order valence-electron chi connectivity index (χ1n) is 7.48. The second-order valence-corrected chi connectivity index (χ2v) is 8.12. The van der Waals surface area contributed by atoms with Gasteiger partial charge in [0.15, 0.2) is 0 Å². The van der Waals surface area contributed by atoms with Gasteiger partial charge in [-0.05, 0) is 41.7 Å². The van der Waals surface area contributed by atoms with Gasteiger partial charge in [-0.2, -0.15) is 11.8 Å². The highest BCUT2D eigenvalue weighted by Crippen LogP contribution is 2.34. The van der Waals surface area contributed by atoms with Crippen LogP contribution in [0.4, 0.5) is 5.69 Å². The van der Waals surface area contributed by atoms with Gasteiger partial charge in [-0.3, -0.25) is 0 Å². The minimum absolute atomic E-state index is 0.162. The number of benzene rings is 1. The lowest BCUT2D eigenvalue weighted by molar-refractivity contribution is 0.415. The molecule has 0 spiro atoms. The number of anilines is 1. The van der Waals surface area contributed by atoms with E-state index >= 15 is 0 Å². The van der Waals surface area contributed by atoms with Crippen LogP contribution in [0.25, 0.3) is 0 Å². The maximum absolute atomic E-state index is 5.52. The molecule has 1 heterocycles. The average Bonchev–Trinajstić information content (AvgIpc) is 2.40. The highest BCUT2D eigenvalue weighted by atomic mass is 32.2. The summed E-state index contributed by atoms with van der Waals surface area (Å²) in [4.78, 5) is 0. The van der Waals surface area contributed by atoms with Crippen LogP contribution in [0.5, 0.6) is 5.75 Å². The predicted octanol–water partition coefficient (Wildman–Crippen LogP) is 4.69. The van der Waals surface area contributed by atoms with Crippen LogP contribution < -0.4 is 10.1 Å². The van der Waals surface area contributed by atoms with E-state index in [0.717, 1.165) is 11.4 Å². The van der Waals surface area contributed by atoms with Crippen molar-refractivity contribution < 1.29 is 4.74 Å². The lowest BCUT2D eigenvalue weighted by atomic mass is 9.86. The standard InChI is InChI=1S/C17H27NOS/c1-12-14(7-6-10-20-12)18-15-11-13(17(2,3)4)8-9-16(15)19-5/h8-9,11-12,14,18H,6-7,10H2,1-5H3. The first-order valence-corrected chi connectivity index (χ1v) is 8.53. The molecule has 0 saturated carbocycles. The first-order chi connectivity index (χ1) is 9.41. The Balaban J connectivity index is 2.24. The fourth-order valence-electron chi connectivity index (χ4n) is 2.60. The van der Waals surface area contributed by atoms with Crippen molar-refractivity contribution in [1.29, 1.82) is 0 Å². The molecule has 3 heteroatoms. The van der Waals surface area contributed by atoms with Crippen molar-refractivity contribution in [1.82, 2.24) is 0 Å². The molecule has 0 bridgehead atoms. The normalized spacial score (nSPS) is 23.4. The lowest BCUT2D eigenvalue weighted by Crippen LogP contribution is -2.33. The third kappa shape index (κ3) is 3.63. The van der Waals surface area contributed by atoms with Crippen LogP contribution in [-0.2, 0) is 5.41 Å². The number of thioether (sulfide) groups is 1. The Hall–Kier alpha value is -0.830. The maximum Gasteiger partial charge on any atom is 0.141 e. The summed E-state index contributed by atoms with van der Waals surface area (Å²) in [5.41, 5.74) is 2.64. The van der Waals surface area contributed by atoms with E-state index in [-0.39, 0.29) is 5.41 Å². The number of hydrogen-bond acceptors (Lipinski definition) is 3. The molecule has 0 aromatic heterocycles. The summed E-state index contributed by atoms with van der Waals surface area (Å²) in [7, 11) is 1.75. The van der Waals surface area contributed by atoms with Crippen molar-refractivity contribution in [2.75, 3.05) is 18.2 Å². The summed E-state index contributed by atoms with van der Waals surface area (Å²) in [5.74, 6) is 2.24. The molecule has 0 radical (unpaired) electrons. The van der Waals surface area contributed by atoms with Gasteiger partial charge in [-0.15, -0.1) is 0 Å². The van der Waals surface area contributed by atoms with Crippen molar-refractivity contribution in [3.63, 3.8) is 0 Å². The van der Waals surface area contributed by atoms with Crippen molar-refractivity contribution in [3.8, 4) is 5.75 Å². The van der Waals surface area contributed by atoms with Gasteiger partial charge in [-0.25, -0.2) is 0 Å². The Bertz CT molecular complexity index is 453. The Morgan fingerprint density at radius 3 is 2.65 bits per heavy atom. The monoisotopic (exact) mass is 293 g/mol. The molecule has 0 aliphatic carbocycles. The zero-order valence-electron chi connectivity index (χ0n) is 13.3. The molecule has 1 aromatic carbocycles. The van der Waals surface area contributed by atoms with Crippen LogP contribution in [-0.4, -0.2) is 24.2 Å². The van der Waals surface area contributed by atoms with E-state index in [0.29, 0.717) is 11.3 Å². The second kappa shape index (κ2) is 6.30. The van der Waals surface area contributed by atoms with E-state index in [1.807, 2.05) is 0 Å². The summed E-state index contributed by atoms with van der Waals surface area (Å²) >= 11 is 2.07. The molecule has 1 aliphatic rings. The van der Waals surface area contributed by atoms with Gasteiger partial charge in [0.2, 0.25) is 0 Å². The third-order valence-corrected chi connectivity index (χ3v) is 5.39.